The van der Waals surface area contributed by atoms with Gasteiger partial charge < -0.3 is 10.2 Å². The molecule has 2 fully saturated rings. The van der Waals surface area contributed by atoms with Crippen molar-refractivity contribution in [3.63, 3.8) is 0 Å². The maximum atomic E-state index is 12.4. The molecule has 0 saturated carbocycles. The summed E-state index contributed by atoms with van der Waals surface area (Å²) in [6.45, 7) is 6.05. The number of amides is 2. The summed E-state index contributed by atoms with van der Waals surface area (Å²) in [5, 5.41) is 7.04. The molecule has 1 aromatic heterocycles. The van der Waals surface area contributed by atoms with Gasteiger partial charge >= 0.3 is 0 Å². The molecule has 1 N–H and O–H groups in total. The van der Waals surface area contributed by atoms with Crippen LogP contribution in [0.15, 0.2) is 16.8 Å². The van der Waals surface area contributed by atoms with Crippen LogP contribution in [-0.4, -0.2) is 54.3 Å². The molecule has 2 atom stereocenters. The zero-order chi connectivity index (χ0) is 14.8. The van der Waals surface area contributed by atoms with Gasteiger partial charge in [-0.2, -0.15) is 11.3 Å². The summed E-state index contributed by atoms with van der Waals surface area (Å²) in [7, 11) is 0. The maximum absolute atomic E-state index is 12.4. The molecule has 6 heteroatoms. The molecule has 0 radical (unpaired) electrons. The smallest absolute Gasteiger partial charge is 0.228 e. The Morgan fingerprint density at radius 2 is 2.14 bits per heavy atom. The molecular weight excluding hydrogens is 286 g/mol. The predicted molar refractivity (Wildman–Crippen MR) is 82.0 cm³/mol. The Bertz CT molecular complexity index is 509. The molecule has 3 heterocycles. The van der Waals surface area contributed by atoms with Crippen LogP contribution in [0.4, 0.5) is 0 Å². The molecule has 21 heavy (non-hydrogen) atoms. The van der Waals surface area contributed by atoms with Crippen molar-refractivity contribution in [2.75, 3.05) is 32.7 Å². The van der Waals surface area contributed by atoms with E-state index in [0.29, 0.717) is 19.0 Å². The molecule has 0 aromatic carbocycles. The third kappa shape index (κ3) is 3.11. The van der Waals surface area contributed by atoms with Crippen molar-refractivity contribution in [2.24, 2.45) is 5.92 Å². The van der Waals surface area contributed by atoms with Crippen molar-refractivity contribution >= 4 is 23.2 Å². The Morgan fingerprint density at radius 3 is 2.71 bits per heavy atom. The predicted octanol–water partition coefficient (Wildman–Crippen LogP) is 1.09. The van der Waals surface area contributed by atoms with Gasteiger partial charge in [-0.15, -0.1) is 0 Å². The minimum absolute atomic E-state index is 0.00179. The van der Waals surface area contributed by atoms with Crippen LogP contribution in [0.1, 0.15) is 24.9 Å². The van der Waals surface area contributed by atoms with Gasteiger partial charge in [-0.25, -0.2) is 0 Å². The van der Waals surface area contributed by atoms with Crippen LogP contribution in [0.2, 0.25) is 0 Å². The molecule has 5 nitrogen and oxygen atoms in total. The molecule has 114 valence electrons. The fraction of sp³-hybridized carbons (Fsp3) is 0.600. The number of piperazine rings is 1. The van der Waals surface area contributed by atoms with E-state index in [0.717, 1.165) is 26.2 Å². The quantitative estimate of drug-likeness (QED) is 0.909. The first kappa shape index (κ1) is 14.5. The maximum Gasteiger partial charge on any atom is 0.228 e. The lowest BCUT2D eigenvalue weighted by Gasteiger charge is -2.38. The molecule has 0 aliphatic carbocycles. The number of thiophene rings is 1. The van der Waals surface area contributed by atoms with E-state index in [-0.39, 0.29) is 17.7 Å². The Hall–Kier alpha value is -1.40. The molecular formula is C15H21N3O2S. The van der Waals surface area contributed by atoms with Gasteiger partial charge in [-0.05, 0) is 29.3 Å². The molecule has 0 bridgehead atoms. The minimum Gasteiger partial charge on any atom is -0.355 e. The number of hydrogen-bond acceptors (Lipinski definition) is 4. The highest BCUT2D eigenvalue weighted by Crippen LogP contribution is 2.24. The van der Waals surface area contributed by atoms with Crippen LogP contribution in [0, 0.1) is 5.92 Å². The van der Waals surface area contributed by atoms with Crippen molar-refractivity contribution in [1.29, 1.82) is 0 Å². The Labute approximate surface area is 128 Å². The average molecular weight is 307 g/mol. The Morgan fingerprint density at radius 1 is 1.38 bits per heavy atom. The van der Waals surface area contributed by atoms with E-state index < -0.39 is 0 Å². The van der Waals surface area contributed by atoms with Gasteiger partial charge in [0, 0.05) is 45.2 Å². The number of carbonyl (C=O) groups excluding carboxylic acids is 2. The zero-order valence-corrected chi connectivity index (χ0v) is 13.1. The lowest BCUT2D eigenvalue weighted by Crippen LogP contribution is -2.51. The largest absolute Gasteiger partial charge is 0.355 e. The van der Waals surface area contributed by atoms with E-state index >= 15 is 0 Å². The van der Waals surface area contributed by atoms with Crippen LogP contribution in [0.25, 0.3) is 0 Å². The van der Waals surface area contributed by atoms with Gasteiger partial charge in [0.2, 0.25) is 11.8 Å². The molecule has 2 saturated heterocycles. The minimum atomic E-state index is -0.154. The van der Waals surface area contributed by atoms with Crippen LogP contribution in [0.5, 0.6) is 0 Å². The van der Waals surface area contributed by atoms with E-state index in [4.69, 9.17) is 0 Å². The van der Waals surface area contributed by atoms with Gasteiger partial charge in [0.05, 0.1) is 5.92 Å². The lowest BCUT2D eigenvalue weighted by molar-refractivity contribution is -0.137. The monoisotopic (exact) mass is 307 g/mol. The molecule has 0 spiro atoms. The second kappa shape index (κ2) is 6.15. The van der Waals surface area contributed by atoms with E-state index in [1.54, 1.807) is 11.3 Å². The summed E-state index contributed by atoms with van der Waals surface area (Å²) in [6.07, 6.45) is 0.352. The normalized spacial score (nSPS) is 24.9. The Balaban J connectivity index is 1.53. The molecule has 2 amide bonds. The average Bonchev–Trinajstić information content (AvgIpc) is 3.17. The fourth-order valence-corrected chi connectivity index (χ4v) is 3.84. The highest BCUT2D eigenvalue weighted by Gasteiger charge is 2.33. The number of nitrogens with zero attached hydrogens (tertiary/aromatic N) is 2. The highest BCUT2D eigenvalue weighted by atomic mass is 32.1. The van der Waals surface area contributed by atoms with Crippen LogP contribution in [0.3, 0.4) is 0 Å². The van der Waals surface area contributed by atoms with Gasteiger partial charge in [0.25, 0.3) is 0 Å². The Kier molecular flexibility index (Phi) is 4.26. The molecule has 2 aliphatic heterocycles. The van der Waals surface area contributed by atoms with E-state index in [2.05, 4.69) is 34.0 Å². The third-order valence-corrected chi connectivity index (χ3v) is 5.23. The van der Waals surface area contributed by atoms with Crippen molar-refractivity contribution in [2.45, 2.75) is 19.4 Å². The van der Waals surface area contributed by atoms with Gasteiger partial charge in [-0.3, -0.25) is 14.5 Å². The van der Waals surface area contributed by atoms with Crippen LogP contribution >= 0.6 is 11.3 Å². The lowest BCUT2D eigenvalue weighted by atomic mass is 10.1. The first-order chi connectivity index (χ1) is 10.1. The summed E-state index contributed by atoms with van der Waals surface area (Å²) in [5.41, 5.74) is 1.35. The van der Waals surface area contributed by atoms with E-state index in [1.165, 1.54) is 5.56 Å². The van der Waals surface area contributed by atoms with Crippen LogP contribution in [-0.2, 0) is 9.59 Å². The molecule has 1 aromatic rings. The van der Waals surface area contributed by atoms with Gasteiger partial charge in [-0.1, -0.05) is 0 Å². The van der Waals surface area contributed by atoms with Crippen LogP contribution < -0.4 is 5.32 Å². The standard InChI is InChI=1S/C15H21N3O2S/c1-11(12-2-7-21-10-12)17-3-5-18(6-4-17)15(20)13-8-14(19)16-9-13/h2,7,10-11,13H,3-6,8-9H2,1H3,(H,16,19)/t11-,13+/m0/s1. The number of hydrogen-bond donors (Lipinski definition) is 1. The molecule has 0 unspecified atom stereocenters. The van der Waals surface area contributed by atoms with Gasteiger partial charge in [0.1, 0.15) is 0 Å². The number of nitrogens with one attached hydrogen (secondary N) is 1. The van der Waals surface area contributed by atoms with Crippen molar-refractivity contribution in [1.82, 2.24) is 15.1 Å². The van der Waals surface area contributed by atoms with Gasteiger partial charge in [0.15, 0.2) is 0 Å². The highest BCUT2D eigenvalue weighted by molar-refractivity contribution is 7.07. The summed E-state index contributed by atoms with van der Waals surface area (Å²) in [4.78, 5) is 27.9. The van der Waals surface area contributed by atoms with E-state index in [1.807, 2.05) is 4.90 Å². The summed E-state index contributed by atoms with van der Waals surface area (Å²) in [5.74, 6) is -0.0207. The van der Waals surface area contributed by atoms with E-state index in [9.17, 15) is 9.59 Å². The topological polar surface area (TPSA) is 52.6 Å². The first-order valence-corrected chi connectivity index (χ1v) is 8.41. The van der Waals surface area contributed by atoms with Crippen molar-refractivity contribution in [3.8, 4) is 0 Å². The van der Waals surface area contributed by atoms with Crippen molar-refractivity contribution < 1.29 is 9.59 Å². The number of carbonyl (C=O) groups is 2. The second-order valence-electron chi connectivity index (χ2n) is 5.80. The fourth-order valence-electron chi connectivity index (χ4n) is 3.09. The molecule has 3 rings (SSSR count). The SMILES string of the molecule is C[C@@H](c1ccsc1)N1CCN(C(=O)[C@H]2CNC(=O)C2)CC1. The first-order valence-electron chi connectivity index (χ1n) is 7.47. The second-order valence-corrected chi connectivity index (χ2v) is 6.58. The molecule has 2 aliphatic rings. The number of rotatable bonds is 3. The summed E-state index contributed by atoms with van der Waals surface area (Å²) < 4.78 is 0. The summed E-state index contributed by atoms with van der Waals surface area (Å²) >= 11 is 1.72. The summed E-state index contributed by atoms with van der Waals surface area (Å²) in [6, 6.07) is 2.58. The zero-order valence-electron chi connectivity index (χ0n) is 12.2. The van der Waals surface area contributed by atoms with Crippen molar-refractivity contribution in [3.05, 3.63) is 22.4 Å². The third-order valence-electron chi connectivity index (χ3n) is 4.53.